The van der Waals surface area contributed by atoms with Gasteiger partial charge in [0.1, 0.15) is 0 Å². The first-order chi connectivity index (χ1) is 9.24. The number of methoxy groups -OCH3 is 2. The quantitative estimate of drug-likeness (QED) is 0.781. The first kappa shape index (κ1) is 13.8. The predicted molar refractivity (Wildman–Crippen MR) is 75.0 cm³/mol. The van der Waals surface area contributed by atoms with Crippen LogP contribution in [0.15, 0.2) is 30.3 Å². The molecule has 0 saturated heterocycles. The van der Waals surface area contributed by atoms with Crippen LogP contribution in [0.4, 0.5) is 0 Å². The Morgan fingerprint density at radius 3 is 2.53 bits per heavy atom. The summed E-state index contributed by atoms with van der Waals surface area (Å²) in [5.41, 5.74) is 3.06. The molecule has 0 aromatic heterocycles. The van der Waals surface area contributed by atoms with E-state index in [0.29, 0.717) is 5.56 Å². The topological polar surface area (TPSA) is 35.5 Å². The fraction of sp³-hybridized carbons (Fsp3) is 0.438. The number of esters is 1. The van der Waals surface area contributed by atoms with E-state index in [1.54, 1.807) is 7.11 Å². The van der Waals surface area contributed by atoms with E-state index in [9.17, 15) is 4.79 Å². The Kier molecular flexibility index (Phi) is 4.74. The second-order valence-corrected chi connectivity index (χ2v) is 4.78. The van der Waals surface area contributed by atoms with Crippen LogP contribution in [0.25, 0.3) is 5.57 Å². The van der Waals surface area contributed by atoms with Gasteiger partial charge in [0.15, 0.2) is 0 Å². The van der Waals surface area contributed by atoms with E-state index < -0.39 is 0 Å². The molecule has 3 heteroatoms. The summed E-state index contributed by atoms with van der Waals surface area (Å²) >= 11 is 0. The van der Waals surface area contributed by atoms with E-state index in [4.69, 9.17) is 9.47 Å². The number of benzene rings is 1. The molecule has 0 spiro atoms. The number of carbonyl (C=O) groups is 1. The van der Waals surface area contributed by atoms with Gasteiger partial charge in [-0.05, 0) is 42.5 Å². The number of rotatable bonds is 3. The van der Waals surface area contributed by atoms with Crippen LogP contribution in [0, 0.1) is 0 Å². The SMILES string of the molecule is COC(=O)c1ccc(C2=CC(OC)CCCC2)cc1. The van der Waals surface area contributed by atoms with Crippen LogP contribution >= 0.6 is 0 Å². The van der Waals surface area contributed by atoms with Gasteiger partial charge in [-0.15, -0.1) is 0 Å². The van der Waals surface area contributed by atoms with Crippen LogP contribution in [-0.4, -0.2) is 26.3 Å². The van der Waals surface area contributed by atoms with Crippen molar-refractivity contribution in [1.82, 2.24) is 0 Å². The van der Waals surface area contributed by atoms with Gasteiger partial charge < -0.3 is 9.47 Å². The molecule has 0 fully saturated rings. The molecule has 0 saturated carbocycles. The van der Waals surface area contributed by atoms with E-state index in [2.05, 4.69) is 6.08 Å². The van der Waals surface area contributed by atoms with Crippen molar-refractivity contribution in [2.45, 2.75) is 31.8 Å². The maximum atomic E-state index is 11.4. The molecule has 1 aliphatic rings. The van der Waals surface area contributed by atoms with Crippen molar-refractivity contribution in [1.29, 1.82) is 0 Å². The number of ether oxygens (including phenoxy) is 2. The molecule has 0 bridgehead atoms. The van der Waals surface area contributed by atoms with Crippen LogP contribution in [0.3, 0.4) is 0 Å². The minimum absolute atomic E-state index is 0.206. The van der Waals surface area contributed by atoms with Gasteiger partial charge in [-0.25, -0.2) is 4.79 Å². The Bertz CT molecular complexity index is 459. The first-order valence-corrected chi connectivity index (χ1v) is 6.67. The van der Waals surface area contributed by atoms with E-state index in [-0.39, 0.29) is 12.1 Å². The van der Waals surface area contributed by atoms with Crippen LogP contribution in [0.2, 0.25) is 0 Å². The summed E-state index contributed by atoms with van der Waals surface area (Å²) < 4.78 is 10.2. The average Bonchev–Trinajstić information content (AvgIpc) is 2.72. The number of hydrogen-bond acceptors (Lipinski definition) is 3. The lowest BCUT2D eigenvalue weighted by molar-refractivity contribution is 0.0600. The summed E-state index contributed by atoms with van der Waals surface area (Å²) in [6, 6.07) is 7.59. The molecule has 0 aliphatic heterocycles. The van der Waals surface area contributed by atoms with Gasteiger partial charge in [-0.3, -0.25) is 0 Å². The fourth-order valence-corrected chi connectivity index (χ4v) is 2.42. The summed E-state index contributed by atoms with van der Waals surface area (Å²) in [6.07, 6.45) is 6.94. The first-order valence-electron chi connectivity index (χ1n) is 6.67. The van der Waals surface area contributed by atoms with Crippen molar-refractivity contribution in [2.24, 2.45) is 0 Å². The Morgan fingerprint density at radius 2 is 1.89 bits per heavy atom. The molecular formula is C16H20O3. The van der Waals surface area contributed by atoms with Crippen LogP contribution in [0.1, 0.15) is 41.6 Å². The number of allylic oxidation sites excluding steroid dienone is 1. The molecule has 2 rings (SSSR count). The zero-order chi connectivity index (χ0) is 13.7. The van der Waals surface area contributed by atoms with Crippen molar-refractivity contribution < 1.29 is 14.3 Å². The molecule has 1 aliphatic carbocycles. The highest BCUT2D eigenvalue weighted by atomic mass is 16.5. The van der Waals surface area contributed by atoms with Crippen LogP contribution in [-0.2, 0) is 9.47 Å². The predicted octanol–water partition coefficient (Wildman–Crippen LogP) is 3.45. The molecule has 0 heterocycles. The summed E-state index contributed by atoms with van der Waals surface area (Å²) in [7, 11) is 3.15. The highest BCUT2D eigenvalue weighted by Gasteiger charge is 2.13. The summed E-state index contributed by atoms with van der Waals surface area (Å²) in [5, 5.41) is 0. The third kappa shape index (κ3) is 3.44. The molecular weight excluding hydrogens is 240 g/mol. The number of carbonyl (C=O) groups excluding carboxylic acids is 1. The fourth-order valence-electron chi connectivity index (χ4n) is 2.42. The molecule has 0 N–H and O–H groups in total. The molecule has 0 amide bonds. The van der Waals surface area contributed by atoms with Crippen molar-refractivity contribution in [3.05, 3.63) is 41.5 Å². The second kappa shape index (κ2) is 6.53. The van der Waals surface area contributed by atoms with Crippen molar-refractivity contribution in [2.75, 3.05) is 14.2 Å². The summed E-state index contributed by atoms with van der Waals surface area (Å²) in [5.74, 6) is -0.295. The maximum Gasteiger partial charge on any atom is 0.337 e. The van der Waals surface area contributed by atoms with E-state index in [1.165, 1.54) is 25.5 Å². The molecule has 1 aromatic rings. The summed E-state index contributed by atoms with van der Waals surface area (Å²) in [6.45, 7) is 0. The van der Waals surface area contributed by atoms with Crippen molar-refractivity contribution in [3.63, 3.8) is 0 Å². The molecule has 1 unspecified atom stereocenters. The zero-order valence-corrected chi connectivity index (χ0v) is 11.5. The Hall–Kier alpha value is -1.61. The van der Waals surface area contributed by atoms with Crippen molar-refractivity contribution >= 4 is 11.5 Å². The second-order valence-electron chi connectivity index (χ2n) is 4.78. The molecule has 1 aromatic carbocycles. The number of hydrogen-bond donors (Lipinski definition) is 0. The summed E-state index contributed by atoms with van der Waals surface area (Å²) in [4.78, 5) is 11.4. The molecule has 3 nitrogen and oxygen atoms in total. The largest absolute Gasteiger partial charge is 0.465 e. The average molecular weight is 260 g/mol. The Labute approximate surface area is 114 Å². The van der Waals surface area contributed by atoms with Crippen LogP contribution < -0.4 is 0 Å². The lowest BCUT2D eigenvalue weighted by Crippen LogP contribution is -2.05. The van der Waals surface area contributed by atoms with Gasteiger partial charge >= 0.3 is 5.97 Å². The molecule has 0 radical (unpaired) electrons. The van der Waals surface area contributed by atoms with E-state index >= 15 is 0 Å². The smallest absolute Gasteiger partial charge is 0.337 e. The zero-order valence-electron chi connectivity index (χ0n) is 11.5. The Morgan fingerprint density at radius 1 is 1.16 bits per heavy atom. The molecule has 1 atom stereocenters. The molecule has 102 valence electrons. The standard InChI is InChI=1S/C16H20O3/c1-18-15-6-4-3-5-14(11-15)12-7-9-13(10-8-12)16(17)19-2/h7-11,15H,3-6H2,1-2H3. The van der Waals surface area contributed by atoms with E-state index in [0.717, 1.165) is 18.4 Å². The lowest BCUT2D eigenvalue weighted by atomic mass is 10.00. The molecule has 19 heavy (non-hydrogen) atoms. The normalized spacial score (nSPS) is 19.5. The van der Waals surface area contributed by atoms with Crippen molar-refractivity contribution in [3.8, 4) is 0 Å². The third-order valence-corrected chi connectivity index (χ3v) is 3.55. The highest BCUT2D eigenvalue weighted by Crippen LogP contribution is 2.27. The highest BCUT2D eigenvalue weighted by molar-refractivity contribution is 5.89. The Balaban J connectivity index is 2.20. The minimum Gasteiger partial charge on any atom is -0.465 e. The van der Waals surface area contributed by atoms with Gasteiger partial charge in [0.05, 0.1) is 18.8 Å². The maximum absolute atomic E-state index is 11.4. The van der Waals surface area contributed by atoms with Gasteiger partial charge in [0, 0.05) is 7.11 Å². The van der Waals surface area contributed by atoms with E-state index in [1.807, 2.05) is 24.3 Å². The lowest BCUT2D eigenvalue weighted by Gasteiger charge is -2.10. The van der Waals surface area contributed by atoms with Gasteiger partial charge in [-0.2, -0.15) is 0 Å². The van der Waals surface area contributed by atoms with Crippen LogP contribution in [0.5, 0.6) is 0 Å². The third-order valence-electron chi connectivity index (χ3n) is 3.55. The minimum atomic E-state index is -0.295. The van der Waals surface area contributed by atoms with Gasteiger partial charge in [0.25, 0.3) is 0 Å². The van der Waals surface area contributed by atoms with Gasteiger partial charge in [0.2, 0.25) is 0 Å². The van der Waals surface area contributed by atoms with Gasteiger partial charge in [-0.1, -0.05) is 24.6 Å². The monoisotopic (exact) mass is 260 g/mol.